The standard InChI is InChI=1S/C13H19N3O/c1-17-13-7-14-6-12(15-13)16-8-10-4-2-3-5-11(10)9-16/h6-7,10-11H,2-5,8-9H2,1H3. The first-order chi connectivity index (χ1) is 8.36. The number of nitrogens with zero attached hydrogens (tertiary/aromatic N) is 3. The molecule has 17 heavy (non-hydrogen) atoms. The molecule has 0 amide bonds. The largest absolute Gasteiger partial charge is 0.480 e. The Bertz CT molecular complexity index is 382. The highest BCUT2D eigenvalue weighted by molar-refractivity contribution is 5.39. The van der Waals surface area contributed by atoms with Gasteiger partial charge in [-0.1, -0.05) is 12.8 Å². The van der Waals surface area contributed by atoms with Gasteiger partial charge in [0.1, 0.15) is 0 Å². The van der Waals surface area contributed by atoms with E-state index in [0.29, 0.717) is 5.88 Å². The normalized spacial score (nSPS) is 27.9. The van der Waals surface area contributed by atoms with Gasteiger partial charge >= 0.3 is 0 Å². The first-order valence-electron chi connectivity index (χ1n) is 6.48. The summed E-state index contributed by atoms with van der Waals surface area (Å²) in [5.74, 6) is 3.32. The summed E-state index contributed by atoms with van der Waals surface area (Å²) in [6, 6.07) is 0. The van der Waals surface area contributed by atoms with Crippen molar-refractivity contribution >= 4 is 5.82 Å². The number of methoxy groups -OCH3 is 1. The Morgan fingerprint density at radius 2 is 1.88 bits per heavy atom. The molecular weight excluding hydrogens is 214 g/mol. The van der Waals surface area contributed by atoms with Crippen molar-refractivity contribution in [1.82, 2.24) is 9.97 Å². The minimum absolute atomic E-state index is 0.609. The lowest BCUT2D eigenvalue weighted by Gasteiger charge is -2.22. The van der Waals surface area contributed by atoms with Crippen LogP contribution in [0.15, 0.2) is 12.4 Å². The van der Waals surface area contributed by atoms with Crippen LogP contribution in [-0.2, 0) is 0 Å². The number of ether oxygens (including phenoxy) is 1. The third kappa shape index (κ3) is 2.08. The summed E-state index contributed by atoms with van der Waals surface area (Å²) in [5, 5.41) is 0. The van der Waals surface area contributed by atoms with Gasteiger partial charge in [-0.15, -0.1) is 0 Å². The van der Waals surface area contributed by atoms with E-state index in [0.717, 1.165) is 30.7 Å². The molecule has 1 aliphatic carbocycles. The lowest BCUT2D eigenvalue weighted by atomic mass is 9.82. The molecule has 1 aromatic heterocycles. The maximum atomic E-state index is 5.13. The third-order valence-corrected chi connectivity index (χ3v) is 4.11. The van der Waals surface area contributed by atoms with Crippen molar-refractivity contribution in [3.63, 3.8) is 0 Å². The van der Waals surface area contributed by atoms with Gasteiger partial charge in [0.05, 0.1) is 19.5 Å². The Morgan fingerprint density at radius 1 is 1.18 bits per heavy atom. The quantitative estimate of drug-likeness (QED) is 0.784. The van der Waals surface area contributed by atoms with Gasteiger partial charge in [-0.3, -0.25) is 4.98 Å². The molecule has 0 radical (unpaired) electrons. The third-order valence-electron chi connectivity index (χ3n) is 4.11. The van der Waals surface area contributed by atoms with E-state index in [-0.39, 0.29) is 0 Å². The lowest BCUT2D eigenvalue weighted by molar-refractivity contribution is 0.299. The van der Waals surface area contributed by atoms with Crippen LogP contribution in [0.1, 0.15) is 25.7 Å². The summed E-state index contributed by atoms with van der Waals surface area (Å²) in [6.45, 7) is 2.29. The summed E-state index contributed by atoms with van der Waals surface area (Å²) in [5.41, 5.74) is 0. The van der Waals surface area contributed by atoms with Crippen molar-refractivity contribution in [3.8, 4) is 5.88 Å². The van der Waals surface area contributed by atoms with Gasteiger partial charge in [0.2, 0.25) is 5.88 Å². The molecule has 2 aliphatic rings. The zero-order chi connectivity index (χ0) is 11.7. The van der Waals surface area contributed by atoms with Gasteiger partial charge in [0, 0.05) is 13.1 Å². The number of anilines is 1. The fourth-order valence-corrected chi connectivity index (χ4v) is 3.18. The van der Waals surface area contributed by atoms with Crippen molar-refractivity contribution in [1.29, 1.82) is 0 Å². The summed E-state index contributed by atoms with van der Waals surface area (Å²) in [4.78, 5) is 11.0. The average Bonchev–Trinajstić information content (AvgIpc) is 2.82. The second kappa shape index (κ2) is 4.51. The number of hydrogen-bond donors (Lipinski definition) is 0. The molecule has 2 fully saturated rings. The van der Waals surface area contributed by atoms with Gasteiger partial charge < -0.3 is 9.64 Å². The van der Waals surface area contributed by atoms with Crippen LogP contribution in [0.25, 0.3) is 0 Å². The Kier molecular flexibility index (Phi) is 2.87. The number of rotatable bonds is 2. The van der Waals surface area contributed by atoms with Crippen LogP contribution in [-0.4, -0.2) is 30.2 Å². The Balaban J connectivity index is 1.76. The molecule has 2 atom stereocenters. The summed E-state index contributed by atoms with van der Waals surface area (Å²) >= 11 is 0. The van der Waals surface area contributed by atoms with Crippen molar-refractivity contribution in [2.24, 2.45) is 11.8 Å². The van der Waals surface area contributed by atoms with Gasteiger partial charge in [-0.05, 0) is 24.7 Å². The molecule has 4 nitrogen and oxygen atoms in total. The Hall–Kier alpha value is -1.32. The smallest absolute Gasteiger partial charge is 0.233 e. The van der Waals surface area contributed by atoms with E-state index in [1.165, 1.54) is 25.7 Å². The van der Waals surface area contributed by atoms with Crippen LogP contribution < -0.4 is 9.64 Å². The summed E-state index contributed by atoms with van der Waals surface area (Å²) < 4.78 is 5.13. The van der Waals surface area contributed by atoms with Crippen molar-refractivity contribution < 1.29 is 4.74 Å². The maximum Gasteiger partial charge on any atom is 0.233 e. The zero-order valence-corrected chi connectivity index (χ0v) is 10.3. The first-order valence-corrected chi connectivity index (χ1v) is 6.48. The SMILES string of the molecule is COc1cncc(N2CC3CCCCC3C2)n1. The summed E-state index contributed by atoms with van der Waals surface area (Å²) in [6.07, 6.45) is 9.08. The van der Waals surface area contributed by atoms with E-state index < -0.39 is 0 Å². The summed E-state index contributed by atoms with van der Waals surface area (Å²) in [7, 11) is 1.64. The fraction of sp³-hybridized carbons (Fsp3) is 0.692. The van der Waals surface area contributed by atoms with E-state index in [4.69, 9.17) is 4.74 Å². The van der Waals surface area contributed by atoms with E-state index in [1.54, 1.807) is 13.3 Å². The molecule has 1 saturated heterocycles. The van der Waals surface area contributed by atoms with Crippen LogP contribution in [0.3, 0.4) is 0 Å². The fourth-order valence-electron chi connectivity index (χ4n) is 3.18. The predicted molar refractivity (Wildman–Crippen MR) is 66.2 cm³/mol. The molecule has 3 rings (SSSR count). The Morgan fingerprint density at radius 3 is 2.53 bits per heavy atom. The van der Waals surface area contributed by atoms with E-state index >= 15 is 0 Å². The van der Waals surface area contributed by atoms with Crippen molar-refractivity contribution in [2.75, 3.05) is 25.1 Å². The molecule has 2 heterocycles. The topological polar surface area (TPSA) is 38.2 Å². The molecule has 92 valence electrons. The highest BCUT2D eigenvalue weighted by atomic mass is 16.5. The molecule has 0 bridgehead atoms. The highest BCUT2D eigenvalue weighted by Crippen LogP contribution is 2.37. The molecule has 0 N–H and O–H groups in total. The number of hydrogen-bond acceptors (Lipinski definition) is 4. The molecule has 1 aliphatic heterocycles. The second-order valence-corrected chi connectivity index (χ2v) is 5.13. The van der Waals surface area contributed by atoms with Crippen molar-refractivity contribution in [3.05, 3.63) is 12.4 Å². The lowest BCUT2D eigenvalue weighted by Crippen LogP contribution is -2.21. The second-order valence-electron chi connectivity index (χ2n) is 5.13. The molecular formula is C13H19N3O. The van der Waals surface area contributed by atoms with E-state index in [1.807, 2.05) is 6.20 Å². The first kappa shape index (κ1) is 10.8. The molecule has 1 aromatic rings. The van der Waals surface area contributed by atoms with Crippen LogP contribution in [0.4, 0.5) is 5.82 Å². The van der Waals surface area contributed by atoms with Gasteiger partial charge in [0.25, 0.3) is 0 Å². The molecule has 0 aromatic carbocycles. The van der Waals surface area contributed by atoms with E-state index in [2.05, 4.69) is 14.9 Å². The Labute approximate surface area is 102 Å². The molecule has 1 saturated carbocycles. The average molecular weight is 233 g/mol. The maximum absolute atomic E-state index is 5.13. The predicted octanol–water partition coefficient (Wildman–Crippen LogP) is 2.11. The van der Waals surface area contributed by atoms with Crippen LogP contribution in [0, 0.1) is 11.8 Å². The highest BCUT2D eigenvalue weighted by Gasteiger charge is 2.34. The van der Waals surface area contributed by atoms with Gasteiger partial charge in [0.15, 0.2) is 5.82 Å². The van der Waals surface area contributed by atoms with Crippen LogP contribution in [0.2, 0.25) is 0 Å². The molecule has 4 heteroatoms. The number of fused-ring (bicyclic) bond motifs is 1. The zero-order valence-electron chi connectivity index (χ0n) is 10.3. The van der Waals surface area contributed by atoms with Crippen molar-refractivity contribution in [2.45, 2.75) is 25.7 Å². The minimum Gasteiger partial charge on any atom is -0.480 e. The van der Waals surface area contributed by atoms with E-state index in [9.17, 15) is 0 Å². The van der Waals surface area contributed by atoms with Gasteiger partial charge in [-0.2, -0.15) is 4.98 Å². The van der Waals surface area contributed by atoms with Crippen LogP contribution in [0.5, 0.6) is 5.88 Å². The number of aromatic nitrogens is 2. The minimum atomic E-state index is 0.609. The van der Waals surface area contributed by atoms with Crippen LogP contribution >= 0.6 is 0 Å². The molecule has 2 unspecified atom stereocenters. The monoisotopic (exact) mass is 233 g/mol. The van der Waals surface area contributed by atoms with Gasteiger partial charge in [-0.25, -0.2) is 0 Å². The molecule has 0 spiro atoms.